The molecule has 0 aromatic heterocycles. The van der Waals surface area contributed by atoms with Crippen LogP contribution in [0.25, 0.3) is 0 Å². The summed E-state index contributed by atoms with van der Waals surface area (Å²) in [5.74, 6) is -3.62. The van der Waals surface area contributed by atoms with Gasteiger partial charge in [-0.2, -0.15) is 5.10 Å². The fourth-order valence-corrected chi connectivity index (χ4v) is 3.98. The molecule has 0 fully saturated rings. The molecule has 0 radical (unpaired) electrons. The zero-order valence-electron chi connectivity index (χ0n) is 18.8. The highest BCUT2D eigenvalue weighted by Gasteiger charge is 2.37. The van der Waals surface area contributed by atoms with E-state index in [2.05, 4.69) is 5.10 Å². The van der Waals surface area contributed by atoms with Crippen molar-refractivity contribution < 1.29 is 32.4 Å². The van der Waals surface area contributed by atoms with Gasteiger partial charge in [0, 0.05) is 23.6 Å². The van der Waals surface area contributed by atoms with Gasteiger partial charge in [0.15, 0.2) is 29.3 Å². The first-order chi connectivity index (χ1) is 16.2. The zero-order valence-corrected chi connectivity index (χ0v) is 18.8. The van der Waals surface area contributed by atoms with Gasteiger partial charge in [0.05, 0.1) is 31.4 Å². The Labute approximate surface area is 194 Å². The number of non-ortho nitro benzene ring substituents is 1. The minimum absolute atomic E-state index is 0.0481. The molecule has 0 bridgehead atoms. The number of nitrogens with zero attached hydrogens (tertiary/aromatic N) is 3. The maximum Gasteiger partial charge on any atom is 0.269 e. The number of rotatable bonds is 9. The monoisotopic (exact) mass is 479 g/mol. The number of nitro groups is 1. The molecular formula is C23H24F3N3O5. The van der Waals surface area contributed by atoms with E-state index < -0.39 is 51.8 Å². The molecule has 0 saturated carbocycles. The summed E-state index contributed by atoms with van der Waals surface area (Å²) in [6, 6.07) is 5.68. The number of ether oxygens (including phenoxy) is 2. The van der Waals surface area contributed by atoms with Crippen molar-refractivity contribution in [1.29, 1.82) is 0 Å². The lowest BCUT2D eigenvalue weighted by atomic mass is 9.86. The van der Waals surface area contributed by atoms with Crippen molar-refractivity contribution in [2.24, 2.45) is 11.0 Å². The summed E-state index contributed by atoms with van der Waals surface area (Å²) in [6.07, 6.45) is -0.764. The second kappa shape index (κ2) is 10.5. The van der Waals surface area contributed by atoms with Gasteiger partial charge in [0.25, 0.3) is 5.69 Å². The molecule has 0 spiro atoms. The van der Waals surface area contributed by atoms with Crippen molar-refractivity contribution in [2.45, 2.75) is 38.5 Å². The molecule has 1 heterocycles. The van der Waals surface area contributed by atoms with Crippen LogP contribution in [0.3, 0.4) is 0 Å². The Hall–Kier alpha value is -3.63. The van der Waals surface area contributed by atoms with Gasteiger partial charge < -0.3 is 14.3 Å². The van der Waals surface area contributed by atoms with Gasteiger partial charge in [-0.05, 0) is 24.5 Å². The normalized spacial score (nSPS) is 18.8. The predicted molar refractivity (Wildman–Crippen MR) is 118 cm³/mol. The van der Waals surface area contributed by atoms with E-state index in [4.69, 9.17) is 9.47 Å². The molecule has 182 valence electrons. The number of hydrogen-bond donors (Lipinski definition) is 0. The van der Waals surface area contributed by atoms with E-state index in [0.717, 1.165) is 14.2 Å². The number of alkyl halides is 1. The van der Waals surface area contributed by atoms with Crippen LogP contribution >= 0.6 is 0 Å². The number of methoxy groups -OCH3 is 2. The van der Waals surface area contributed by atoms with Crippen LogP contribution in [0.5, 0.6) is 11.5 Å². The van der Waals surface area contributed by atoms with Crippen LogP contribution in [0.4, 0.5) is 18.9 Å². The molecule has 3 unspecified atom stereocenters. The number of aldehydes is 1. The first kappa shape index (κ1) is 25.0. The topological polar surface area (TPSA) is 94.3 Å². The van der Waals surface area contributed by atoms with Crippen molar-refractivity contribution in [3.05, 3.63) is 63.2 Å². The molecule has 11 heteroatoms. The van der Waals surface area contributed by atoms with Crippen LogP contribution in [-0.4, -0.2) is 42.2 Å². The van der Waals surface area contributed by atoms with E-state index in [-0.39, 0.29) is 24.4 Å². The molecule has 34 heavy (non-hydrogen) atoms. The Bertz CT molecular complexity index is 1090. The minimum Gasteiger partial charge on any atom is -0.490 e. The standard InChI is InChI=1S/C23H24F3N3O5/c1-4-14-9-16(12-30)28(11-13-5-7-15(8-6-13)29(31)32)27-21(14)19(25)17-10-18(24)22(33-2)23(34-3)20(17)26/h5-8,10,12,14,16,19H,4,9,11H2,1-3H3. The average molecular weight is 479 g/mol. The number of carbonyl (C=O) groups excluding carboxylic acids is 1. The predicted octanol–water partition coefficient (Wildman–Crippen LogP) is 4.76. The number of carbonyl (C=O) groups is 1. The van der Waals surface area contributed by atoms with Gasteiger partial charge in [-0.1, -0.05) is 19.1 Å². The highest BCUT2D eigenvalue weighted by atomic mass is 19.1. The van der Waals surface area contributed by atoms with Gasteiger partial charge in [-0.3, -0.25) is 15.1 Å². The van der Waals surface area contributed by atoms with Crippen LogP contribution in [-0.2, 0) is 11.3 Å². The molecule has 3 atom stereocenters. The Morgan fingerprint density at radius 2 is 1.88 bits per heavy atom. The van der Waals surface area contributed by atoms with Crippen LogP contribution in [0.1, 0.15) is 37.1 Å². The van der Waals surface area contributed by atoms with Crippen molar-refractivity contribution in [2.75, 3.05) is 14.2 Å². The lowest BCUT2D eigenvalue weighted by Crippen LogP contribution is -2.42. The molecule has 1 aliphatic rings. The maximum atomic E-state index is 15.7. The summed E-state index contributed by atoms with van der Waals surface area (Å²) in [5.41, 5.74) is -0.131. The molecule has 3 rings (SSSR count). The second-order valence-electron chi connectivity index (χ2n) is 7.78. The van der Waals surface area contributed by atoms with E-state index in [1.165, 1.54) is 29.3 Å². The second-order valence-corrected chi connectivity index (χ2v) is 7.78. The molecule has 0 aliphatic carbocycles. The molecule has 0 saturated heterocycles. The smallest absolute Gasteiger partial charge is 0.269 e. The zero-order chi connectivity index (χ0) is 25.0. The summed E-state index contributed by atoms with van der Waals surface area (Å²) in [6.45, 7) is 1.85. The lowest BCUT2D eigenvalue weighted by Gasteiger charge is -2.36. The number of hydrazone groups is 1. The highest BCUT2D eigenvalue weighted by molar-refractivity contribution is 5.92. The van der Waals surface area contributed by atoms with E-state index in [1.54, 1.807) is 6.92 Å². The molecule has 8 nitrogen and oxygen atoms in total. The van der Waals surface area contributed by atoms with Crippen LogP contribution in [0.15, 0.2) is 35.4 Å². The Balaban J connectivity index is 2.01. The van der Waals surface area contributed by atoms with Crippen molar-refractivity contribution in [3.63, 3.8) is 0 Å². The quantitative estimate of drug-likeness (QED) is 0.293. The fraction of sp³-hybridized carbons (Fsp3) is 0.391. The first-order valence-electron chi connectivity index (χ1n) is 10.5. The van der Waals surface area contributed by atoms with Gasteiger partial charge in [-0.25, -0.2) is 13.2 Å². The van der Waals surface area contributed by atoms with E-state index >= 15 is 8.78 Å². The van der Waals surface area contributed by atoms with Gasteiger partial charge >= 0.3 is 0 Å². The summed E-state index contributed by atoms with van der Waals surface area (Å²) >= 11 is 0. The molecule has 2 aromatic rings. The summed E-state index contributed by atoms with van der Waals surface area (Å²) in [7, 11) is 2.26. The van der Waals surface area contributed by atoms with Gasteiger partial charge in [-0.15, -0.1) is 0 Å². The van der Waals surface area contributed by atoms with Gasteiger partial charge in [0.2, 0.25) is 0 Å². The van der Waals surface area contributed by atoms with Crippen LogP contribution in [0, 0.1) is 27.7 Å². The molecule has 1 aliphatic heterocycles. The number of nitro benzene ring substituents is 1. The van der Waals surface area contributed by atoms with Crippen molar-refractivity contribution in [1.82, 2.24) is 5.01 Å². The van der Waals surface area contributed by atoms with Gasteiger partial charge in [0.1, 0.15) is 12.3 Å². The van der Waals surface area contributed by atoms with Crippen LogP contribution in [0.2, 0.25) is 0 Å². The van der Waals surface area contributed by atoms with E-state index in [1.807, 2.05) is 0 Å². The summed E-state index contributed by atoms with van der Waals surface area (Å²) in [4.78, 5) is 22.1. The van der Waals surface area contributed by atoms with Crippen LogP contribution < -0.4 is 9.47 Å². The maximum absolute atomic E-state index is 15.7. The highest BCUT2D eigenvalue weighted by Crippen LogP contribution is 2.40. The fourth-order valence-electron chi connectivity index (χ4n) is 3.98. The molecule has 0 N–H and O–H groups in total. The van der Waals surface area contributed by atoms with Crippen molar-refractivity contribution >= 4 is 17.7 Å². The third-order valence-electron chi connectivity index (χ3n) is 5.81. The Kier molecular flexibility index (Phi) is 7.75. The summed E-state index contributed by atoms with van der Waals surface area (Å²) < 4.78 is 54.9. The first-order valence-corrected chi connectivity index (χ1v) is 10.5. The number of hydrogen-bond acceptors (Lipinski definition) is 7. The van der Waals surface area contributed by atoms with E-state index in [9.17, 15) is 19.3 Å². The number of halogens is 3. The molecular weight excluding hydrogens is 455 g/mol. The third kappa shape index (κ3) is 4.82. The van der Waals surface area contributed by atoms with E-state index in [0.29, 0.717) is 24.3 Å². The average Bonchev–Trinajstić information content (AvgIpc) is 2.84. The minimum atomic E-state index is -2.11. The summed E-state index contributed by atoms with van der Waals surface area (Å²) in [5, 5.41) is 16.6. The number of benzene rings is 2. The third-order valence-corrected chi connectivity index (χ3v) is 5.81. The lowest BCUT2D eigenvalue weighted by molar-refractivity contribution is -0.384. The van der Waals surface area contributed by atoms with Crippen molar-refractivity contribution in [3.8, 4) is 11.5 Å². The Morgan fingerprint density at radius 3 is 2.41 bits per heavy atom. The SMILES string of the molecule is CCC1CC(C=O)N(Cc2ccc([N+](=O)[O-])cc2)N=C1C(F)c1cc(F)c(OC)c(OC)c1F. The largest absolute Gasteiger partial charge is 0.490 e. The Morgan fingerprint density at radius 1 is 1.24 bits per heavy atom. The molecule has 0 amide bonds. The molecule has 2 aromatic carbocycles.